The molecule has 25 heavy (non-hydrogen) atoms. The molecule has 1 aromatic heterocycles. The summed E-state index contributed by atoms with van der Waals surface area (Å²) in [7, 11) is 0. The van der Waals surface area contributed by atoms with Crippen molar-refractivity contribution in [3.8, 4) is 5.75 Å². The van der Waals surface area contributed by atoms with Crippen LogP contribution in [0.25, 0.3) is 0 Å². The molecule has 2 N–H and O–H groups in total. The number of nitrogens with zero attached hydrogens (tertiary/aromatic N) is 2. The Kier molecular flexibility index (Phi) is 9.81. The van der Waals surface area contributed by atoms with Crippen molar-refractivity contribution in [3.05, 3.63) is 45.9 Å². The summed E-state index contributed by atoms with van der Waals surface area (Å²) in [6.45, 7) is 10.3. The summed E-state index contributed by atoms with van der Waals surface area (Å²) in [5.41, 5.74) is 1.14. The Labute approximate surface area is 171 Å². The van der Waals surface area contributed by atoms with E-state index in [9.17, 15) is 0 Å². The van der Waals surface area contributed by atoms with Crippen LogP contribution in [-0.2, 0) is 6.54 Å². The van der Waals surface area contributed by atoms with Gasteiger partial charge >= 0.3 is 0 Å². The van der Waals surface area contributed by atoms with Gasteiger partial charge in [0.25, 0.3) is 0 Å². The predicted octanol–water partition coefficient (Wildman–Crippen LogP) is 3.90. The zero-order valence-corrected chi connectivity index (χ0v) is 18.4. The van der Waals surface area contributed by atoms with Gasteiger partial charge in [0.15, 0.2) is 5.96 Å². The fourth-order valence-corrected chi connectivity index (χ4v) is 2.88. The largest absolute Gasteiger partial charge is 0.489 e. The Morgan fingerprint density at radius 1 is 1.28 bits per heavy atom. The van der Waals surface area contributed by atoms with Crippen molar-refractivity contribution in [2.75, 3.05) is 13.1 Å². The van der Waals surface area contributed by atoms with Gasteiger partial charge in [-0.05, 0) is 39.3 Å². The van der Waals surface area contributed by atoms with Crippen molar-refractivity contribution in [2.45, 2.75) is 40.3 Å². The van der Waals surface area contributed by atoms with Crippen molar-refractivity contribution >= 4 is 41.3 Å². The minimum absolute atomic E-state index is 0. The highest BCUT2D eigenvalue weighted by Gasteiger charge is 2.07. The van der Waals surface area contributed by atoms with E-state index in [1.165, 1.54) is 0 Å². The smallest absolute Gasteiger partial charge is 0.191 e. The average molecular weight is 474 g/mol. The quantitative estimate of drug-likeness (QED) is 0.363. The molecule has 2 aromatic rings. The van der Waals surface area contributed by atoms with E-state index in [4.69, 9.17) is 4.74 Å². The van der Waals surface area contributed by atoms with Crippen LogP contribution in [0.5, 0.6) is 5.75 Å². The molecule has 7 heteroatoms. The molecule has 1 aromatic carbocycles. The normalized spacial score (nSPS) is 12.2. The minimum Gasteiger partial charge on any atom is -0.489 e. The SMILES string of the molecule is CCNC(=NCc1cnc(C)s1)NCC(C)Oc1ccccc1C.I. The van der Waals surface area contributed by atoms with Crippen molar-refractivity contribution in [3.63, 3.8) is 0 Å². The van der Waals surface area contributed by atoms with Gasteiger partial charge in [-0.3, -0.25) is 0 Å². The van der Waals surface area contributed by atoms with E-state index in [1.807, 2.05) is 31.3 Å². The third-order valence-electron chi connectivity index (χ3n) is 3.39. The van der Waals surface area contributed by atoms with E-state index in [-0.39, 0.29) is 30.1 Å². The number of rotatable bonds is 7. The number of nitrogens with one attached hydrogen (secondary N) is 2. The first-order chi connectivity index (χ1) is 11.6. The molecule has 0 aliphatic heterocycles. The number of ether oxygens (including phenoxy) is 1. The number of para-hydroxylation sites is 1. The molecule has 0 saturated carbocycles. The highest BCUT2D eigenvalue weighted by Crippen LogP contribution is 2.17. The van der Waals surface area contributed by atoms with E-state index < -0.39 is 0 Å². The van der Waals surface area contributed by atoms with Crippen LogP contribution >= 0.6 is 35.3 Å². The summed E-state index contributed by atoms with van der Waals surface area (Å²) in [4.78, 5) is 10.0. The summed E-state index contributed by atoms with van der Waals surface area (Å²) >= 11 is 1.68. The van der Waals surface area contributed by atoms with Gasteiger partial charge in [0.05, 0.1) is 18.1 Å². The van der Waals surface area contributed by atoms with Crippen LogP contribution in [0.15, 0.2) is 35.5 Å². The number of halogens is 1. The molecule has 0 aliphatic carbocycles. The highest BCUT2D eigenvalue weighted by molar-refractivity contribution is 14.0. The van der Waals surface area contributed by atoms with E-state index in [0.717, 1.165) is 33.7 Å². The van der Waals surface area contributed by atoms with Crippen LogP contribution in [0.2, 0.25) is 0 Å². The second kappa shape index (κ2) is 11.3. The third-order valence-corrected chi connectivity index (χ3v) is 4.28. The molecule has 0 fully saturated rings. The first-order valence-corrected chi connectivity index (χ1v) is 9.06. The van der Waals surface area contributed by atoms with E-state index in [2.05, 4.69) is 47.4 Å². The molecular formula is C18H27IN4OS. The van der Waals surface area contributed by atoms with E-state index >= 15 is 0 Å². The van der Waals surface area contributed by atoms with Gasteiger partial charge in [0, 0.05) is 17.6 Å². The Morgan fingerprint density at radius 3 is 2.68 bits per heavy atom. The summed E-state index contributed by atoms with van der Waals surface area (Å²) in [5.74, 6) is 1.72. The molecular weight excluding hydrogens is 447 g/mol. The van der Waals surface area contributed by atoms with Crippen LogP contribution < -0.4 is 15.4 Å². The highest BCUT2D eigenvalue weighted by atomic mass is 127. The number of aliphatic imine (C=N–C) groups is 1. The lowest BCUT2D eigenvalue weighted by Crippen LogP contribution is -2.41. The minimum atomic E-state index is 0. The van der Waals surface area contributed by atoms with Crippen LogP contribution in [0, 0.1) is 13.8 Å². The second-order valence-electron chi connectivity index (χ2n) is 5.62. The van der Waals surface area contributed by atoms with Gasteiger partial charge in [-0.15, -0.1) is 35.3 Å². The Bertz CT molecular complexity index is 675. The maximum Gasteiger partial charge on any atom is 0.191 e. The number of aryl methyl sites for hydroxylation is 2. The third kappa shape index (κ3) is 7.60. The first kappa shape index (κ1) is 21.7. The van der Waals surface area contributed by atoms with E-state index in [1.54, 1.807) is 11.3 Å². The van der Waals surface area contributed by atoms with Gasteiger partial charge < -0.3 is 15.4 Å². The number of benzene rings is 1. The van der Waals surface area contributed by atoms with Gasteiger partial charge in [-0.1, -0.05) is 18.2 Å². The standard InChI is InChI=1S/C18H26N4OS.HI/c1-5-19-18(22-12-16-11-20-15(4)24-16)21-10-14(3)23-17-9-7-6-8-13(17)2;/h6-9,11,14H,5,10,12H2,1-4H3,(H2,19,21,22);1H. The molecule has 2 rings (SSSR count). The summed E-state index contributed by atoms with van der Waals surface area (Å²) < 4.78 is 5.99. The lowest BCUT2D eigenvalue weighted by Gasteiger charge is -2.18. The molecule has 1 heterocycles. The average Bonchev–Trinajstić information content (AvgIpc) is 2.98. The maximum absolute atomic E-state index is 5.99. The monoisotopic (exact) mass is 474 g/mol. The molecule has 0 amide bonds. The zero-order valence-electron chi connectivity index (χ0n) is 15.2. The molecule has 0 aliphatic rings. The molecule has 0 saturated heterocycles. The summed E-state index contributed by atoms with van der Waals surface area (Å²) in [6, 6.07) is 8.06. The number of guanidine groups is 1. The summed E-state index contributed by atoms with van der Waals surface area (Å²) in [6.07, 6.45) is 1.93. The number of hydrogen-bond acceptors (Lipinski definition) is 4. The maximum atomic E-state index is 5.99. The Morgan fingerprint density at radius 2 is 2.04 bits per heavy atom. The van der Waals surface area contributed by atoms with Crippen molar-refractivity contribution in [1.82, 2.24) is 15.6 Å². The van der Waals surface area contributed by atoms with Gasteiger partial charge in [0.2, 0.25) is 0 Å². The zero-order chi connectivity index (χ0) is 17.4. The van der Waals surface area contributed by atoms with Crippen molar-refractivity contribution < 1.29 is 4.74 Å². The molecule has 5 nitrogen and oxygen atoms in total. The summed E-state index contributed by atoms with van der Waals surface area (Å²) in [5, 5.41) is 7.66. The fraction of sp³-hybridized carbons (Fsp3) is 0.444. The molecule has 0 spiro atoms. The Balaban J connectivity index is 0.00000312. The molecule has 0 bridgehead atoms. The molecule has 138 valence electrons. The fourth-order valence-electron chi connectivity index (χ4n) is 2.16. The predicted molar refractivity (Wildman–Crippen MR) is 116 cm³/mol. The number of aromatic nitrogens is 1. The number of thiazole rings is 1. The Hall–Kier alpha value is -1.35. The second-order valence-corrected chi connectivity index (χ2v) is 6.93. The lowest BCUT2D eigenvalue weighted by molar-refractivity contribution is 0.222. The van der Waals surface area contributed by atoms with Gasteiger partial charge in [-0.2, -0.15) is 0 Å². The molecule has 1 atom stereocenters. The van der Waals surface area contributed by atoms with Crippen LogP contribution in [0.3, 0.4) is 0 Å². The molecule has 1 unspecified atom stereocenters. The lowest BCUT2D eigenvalue weighted by atomic mass is 10.2. The van der Waals surface area contributed by atoms with Gasteiger partial charge in [-0.25, -0.2) is 9.98 Å². The topological polar surface area (TPSA) is 58.5 Å². The number of hydrogen-bond donors (Lipinski definition) is 2. The van der Waals surface area contributed by atoms with Gasteiger partial charge in [0.1, 0.15) is 11.9 Å². The first-order valence-electron chi connectivity index (χ1n) is 8.24. The molecule has 0 radical (unpaired) electrons. The van der Waals surface area contributed by atoms with Crippen LogP contribution in [-0.4, -0.2) is 30.1 Å². The van der Waals surface area contributed by atoms with Crippen LogP contribution in [0.1, 0.15) is 29.3 Å². The van der Waals surface area contributed by atoms with E-state index in [0.29, 0.717) is 13.1 Å². The van der Waals surface area contributed by atoms with Crippen molar-refractivity contribution in [1.29, 1.82) is 0 Å². The van der Waals surface area contributed by atoms with Crippen LogP contribution in [0.4, 0.5) is 0 Å². The van der Waals surface area contributed by atoms with Crippen molar-refractivity contribution in [2.24, 2.45) is 4.99 Å².